The van der Waals surface area contributed by atoms with E-state index in [2.05, 4.69) is 47.7 Å². The Kier molecular flexibility index (Phi) is 43.4. The molecular weight excluding hydrogens is 911 g/mol. The number of aliphatic hydroxyl groups is 5. The number of amides is 1. The van der Waals surface area contributed by atoms with Crippen molar-refractivity contribution in [3.8, 4) is 0 Å². The van der Waals surface area contributed by atoms with Crippen LogP contribution in [0.25, 0.3) is 0 Å². The summed E-state index contributed by atoms with van der Waals surface area (Å²) in [5.74, 6) is -0.714. The van der Waals surface area contributed by atoms with Crippen molar-refractivity contribution in [2.24, 2.45) is 0 Å². The third-order valence-corrected chi connectivity index (χ3v) is 14.0. The average molecular weight is 1020 g/mol. The van der Waals surface area contributed by atoms with Gasteiger partial charge in [0.25, 0.3) is 0 Å². The quantitative estimate of drug-likeness (QED) is 0.0172. The highest BCUT2D eigenvalue weighted by Crippen LogP contribution is 2.26. The summed E-state index contributed by atoms with van der Waals surface area (Å²) in [7, 11) is -5.13. The first-order valence-electron chi connectivity index (χ1n) is 28.5. The maximum absolute atomic E-state index is 13.2. The molecule has 0 aliphatic carbocycles. The van der Waals surface area contributed by atoms with Crippen LogP contribution in [-0.4, -0.2) is 107 Å². The van der Waals surface area contributed by atoms with Gasteiger partial charge < -0.3 is 40.3 Å². The van der Waals surface area contributed by atoms with Crippen LogP contribution in [0.4, 0.5) is 0 Å². The van der Waals surface area contributed by atoms with Gasteiger partial charge in [-0.15, -0.1) is 0 Å². The molecule has 1 fully saturated rings. The first-order valence-corrected chi connectivity index (χ1v) is 29.8. The summed E-state index contributed by atoms with van der Waals surface area (Å²) in [5, 5.41) is 55.5. The summed E-state index contributed by atoms with van der Waals surface area (Å²) in [4.78, 5) is 13.2. The normalized spacial score (nSPS) is 20.3. The van der Waals surface area contributed by atoms with Gasteiger partial charge in [-0.2, -0.15) is 8.42 Å². The number of aliphatic hydroxyl groups excluding tert-OH is 5. The van der Waals surface area contributed by atoms with Crippen molar-refractivity contribution in [1.29, 1.82) is 0 Å². The zero-order chi connectivity index (χ0) is 51.3. The first kappa shape index (κ1) is 66.3. The highest BCUT2D eigenvalue weighted by molar-refractivity contribution is 7.80. The van der Waals surface area contributed by atoms with E-state index in [9.17, 15) is 43.3 Å². The number of nitrogens with one attached hydrogen (secondary N) is 1. The minimum absolute atomic E-state index is 0.230. The van der Waals surface area contributed by atoms with Crippen LogP contribution >= 0.6 is 0 Å². The van der Waals surface area contributed by atoms with Gasteiger partial charge in [-0.05, 0) is 57.8 Å². The minimum Gasteiger partial charge on any atom is -0.394 e. The fourth-order valence-corrected chi connectivity index (χ4v) is 9.51. The molecule has 0 aromatic carbocycles. The Morgan fingerprint density at radius 3 is 1.37 bits per heavy atom. The lowest BCUT2D eigenvalue weighted by Crippen LogP contribution is -2.61. The van der Waals surface area contributed by atoms with E-state index in [0.29, 0.717) is 12.8 Å². The van der Waals surface area contributed by atoms with Crippen LogP contribution in [-0.2, 0) is 28.9 Å². The molecule has 8 atom stereocenters. The standard InChI is InChI=1S/C56H105NO12S/c1-3-5-7-9-11-13-15-17-19-21-23-25-27-28-30-32-34-36-38-40-42-44-49(59)48(47-67-56-53(62)54(69-70(64,65)66)52(61)51(46-58)68-56)57-55(63)50(60)45-43-41-39-37-35-33-31-29-26-24-22-20-18-16-14-12-10-8-6-4-2/h26,29,34,36,42,44,48-54,56,58-62H,3-25,27-28,30-33,35,37-41,43,45-47H2,1-2H3,(H,57,63)(H,64,65,66)/b29-26-,36-34+,44-42+. The molecule has 0 spiro atoms. The van der Waals surface area contributed by atoms with Crippen molar-refractivity contribution in [1.82, 2.24) is 5.32 Å². The number of hydrogen-bond donors (Lipinski definition) is 7. The second-order valence-corrected chi connectivity index (χ2v) is 21.1. The predicted molar refractivity (Wildman–Crippen MR) is 284 cm³/mol. The summed E-state index contributed by atoms with van der Waals surface area (Å²) < 4.78 is 47.7. The van der Waals surface area contributed by atoms with E-state index < -0.39 is 78.5 Å². The third kappa shape index (κ3) is 37.1. The maximum atomic E-state index is 13.2. The zero-order valence-corrected chi connectivity index (χ0v) is 45.0. The first-order chi connectivity index (χ1) is 33.9. The Labute approximate surface area is 427 Å². The van der Waals surface area contributed by atoms with Gasteiger partial charge in [0.1, 0.15) is 30.5 Å². The molecule has 1 rings (SSSR count). The van der Waals surface area contributed by atoms with Gasteiger partial charge in [-0.3, -0.25) is 9.35 Å². The van der Waals surface area contributed by atoms with Crippen molar-refractivity contribution in [2.75, 3.05) is 13.2 Å². The fourth-order valence-electron chi connectivity index (χ4n) is 9.00. The van der Waals surface area contributed by atoms with Crippen LogP contribution in [0, 0.1) is 0 Å². The molecule has 0 radical (unpaired) electrons. The van der Waals surface area contributed by atoms with Crippen molar-refractivity contribution in [3.63, 3.8) is 0 Å². The molecular formula is C56H105NO12S. The number of unbranched alkanes of at least 4 members (excludes halogenated alkanes) is 32. The second-order valence-electron chi connectivity index (χ2n) is 20.0. The number of carbonyl (C=O) groups excluding carboxylic acids is 1. The SMILES string of the molecule is CCCCCCCCCCCC/C=C\CCCCCCCCC(O)C(=O)NC(COC1OC(CO)C(O)C(OS(=O)(=O)O)C1O)C(O)/C=C/CC/C=C/CCCCCCCCCCCCCCCCC. The second kappa shape index (κ2) is 45.9. The van der Waals surface area contributed by atoms with Gasteiger partial charge >= 0.3 is 10.4 Å². The number of carbonyl (C=O) groups is 1. The Hall–Kier alpha value is -1.72. The van der Waals surface area contributed by atoms with E-state index >= 15 is 0 Å². The smallest absolute Gasteiger partial charge is 0.394 e. The molecule has 13 nitrogen and oxygen atoms in total. The van der Waals surface area contributed by atoms with Crippen LogP contribution < -0.4 is 5.32 Å². The molecule has 1 amide bonds. The lowest BCUT2D eigenvalue weighted by molar-refractivity contribution is -0.298. The summed E-state index contributed by atoms with van der Waals surface area (Å²) in [6, 6.07) is -1.14. The summed E-state index contributed by atoms with van der Waals surface area (Å²) in [5.41, 5.74) is 0. The van der Waals surface area contributed by atoms with E-state index in [1.54, 1.807) is 6.08 Å². The summed E-state index contributed by atoms with van der Waals surface area (Å²) in [6.07, 6.45) is 45.1. The monoisotopic (exact) mass is 1020 g/mol. The van der Waals surface area contributed by atoms with Crippen LogP contribution in [0.3, 0.4) is 0 Å². The predicted octanol–water partition coefficient (Wildman–Crippen LogP) is 12.0. The molecule has 0 saturated carbocycles. The van der Waals surface area contributed by atoms with E-state index in [0.717, 1.165) is 64.2 Å². The molecule has 1 heterocycles. The summed E-state index contributed by atoms with van der Waals surface area (Å²) in [6.45, 7) is 3.24. The van der Waals surface area contributed by atoms with E-state index in [1.165, 1.54) is 160 Å². The molecule has 14 heteroatoms. The molecule has 0 aromatic rings. The molecule has 412 valence electrons. The Balaban J connectivity index is 2.48. The average Bonchev–Trinajstić information content (AvgIpc) is 3.33. The van der Waals surface area contributed by atoms with Crippen molar-refractivity contribution < 1.29 is 57.0 Å². The highest BCUT2D eigenvalue weighted by atomic mass is 32.3. The van der Waals surface area contributed by atoms with Crippen LogP contribution in [0.15, 0.2) is 36.5 Å². The maximum Gasteiger partial charge on any atom is 0.397 e. The van der Waals surface area contributed by atoms with Crippen molar-refractivity contribution in [3.05, 3.63) is 36.5 Å². The van der Waals surface area contributed by atoms with E-state index in [4.69, 9.17) is 9.47 Å². The Morgan fingerprint density at radius 1 is 0.571 bits per heavy atom. The number of hydrogen-bond acceptors (Lipinski definition) is 11. The van der Waals surface area contributed by atoms with Gasteiger partial charge in [-0.1, -0.05) is 230 Å². The van der Waals surface area contributed by atoms with E-state index in [1.807, 2.05) is 0 Å². The molecule has 0 aromatic heterocycles. The van der Waals surface area contributed by atoms with Gasteiger partial charge in [0.05, 0.1) is 25.4 Å². The zero-order valence-electron chi connectivity index (χ0n) is 44.2. The summed E-state index contributed by atoms with van der Waals surface area (Å²) >= 11 is 0. The Bertz CT molecular complexity index is 1400. The third-order valence-electron chi connectivity index (χ3n) is 13.5. The molecule has 8 unspecified atom stereocenters. The molecule has 0 bridgehead atoms. The van der Waals surface area contributed by atoms with E-state index in [-0.39, 0.29) is 6.42 Å². The molecule has 1 aliphatic heterocycles. The lowest BCUT2D eigenvalue weighted by Gasteiger charge is -2.41. The molecule has 1 aliphatic rings. The molecule has 7 N–H and O–H groups in total. The topological polar surface area (TPSA) is 212 Å². The van der Waals surface area contributed by atoms with Gasteiger partial charge in [0, 0.05) is 0 Å². The lowest BCUT2D eigenvalue weighted by atomic mass is 9.99. The minimum atomic E-state index is -5.13. The van der Waals surface area contributed by atoms with Crippen molar-refractivity contribution in [2.45, 2.75) is 300 Å². The van der Waals surface area contributed by atoms with Crippen LogP contribution in [0.1, 0.15) is 251 Å². The fraction of sp³-hybridized carbons (Fsp3) is 0.875. The van der Waals surface area contributed by atoms with Crippen LogP contribution in [0.5, 0.6) is 0 Å². The van der Waals surface area contributed by atoms with Gasteiger partial charge in [0.2, 0.25) is 5.91 Å². The number of allylic oxidation sites excluding steroid dienone is 5. The van der Waals surface area contributed by atoms with Gasteiger partial charge in [0.15, 0.2) is 6.29 Å². The van der Waals surface area contributed by atoms with Crippen LogP contribution in [0.2, 0.25) is 0 Å². The number of rotatable bonds is 49. The molecule has 1 saturated heterocycles. The Morgan fingerprint density at radius 2 is 0.957 bits per heavy atom. The van der Waals surface area contributed by atoms with Crippen molar-refractivity contribution >= 4 is 16.3 Å². The van der Waals surface area contributed by atoms with Gasteiger partial charge in [-0.25, -0.2) is 4.18 Å². The number of ether oxygens (including phenoxy) is 2. The molecule has 70 heavy (non-hydrogen) atoms. The highest BCUT2D eigenvalue weighted by Gasteiger charge is 2.48. The largest absolute Gasteiger partial charge is 0.397 e.